The Labute approximate surface area is 92.6 Å². The van der Waals surface area contributed by atoms with Crippen LogP contribution in [-0.2, 0) is 0 Å². The van der Waals surface area contributed by atoms with E-state index in [1.165, 1.54) is 6.92 Å². The molecule has 0 spiro atoms. The molecule has 0 aliphatic heterocycles. The molecule has 0 saturated heterocycles. The first kappa shape index (κ1) is 10.3. The van der Waals surface area contributed by atoms with E-state index in [2.05, 4.69) is 9.97 Å². The summed E-state index contributed by atoms with van der Waals surface area (Å²) >= 11 is 0. The highest BCUT2D eigenvalue weighted by Gasteiger charge is 2.05. The second-order valence-electron chi connectivity index (χ2n) is 3.37. The summed E-state index contributed by atoms with van der Waals surface area (Å²) in [6.07, 6.45) is 1.55. The average Bonchev–Trinajstić information content (AvgIpc) is 2.30. The molecule has 0 saturated carbocycles. The summed E-state index contributed by atoms with van der Waals surface area (Å²) in [5.74, 6) is 0.571. The molecule has 4 heteroatoms. The number of carbonyl (C=O) groups excluding carboxylic acids is 1. The molecule has 0 aliphatic rings. The van der Waals surface area contributed by atoms with Gasteiger partial charge in [-0.25, -0.2) is 9.97 Å². The van der Waals surface area contributed by atoms with Gasteiger partial charge in [0.15, 0.2) is 11.6 Å². The Balaban J connectivity index is 2.44. The van der Waals surface area contributed by atoms with Crippen LogP contribution in [0.4, 0.5) is 0 Å². The molecular weight excluding hydrogens is 204 g/mol. The van der Waals surface area contributed by atoms with E-state index in [-0.39, 0.29) is 11.5 Å². The highest BCUT2D eigenvalue weighted by Crippen LogP contribution is 2.18. The van der Waals surface area contributed by atoms with Crippen LogP contribution in [0.1, 0.15) is 17.4 Å². The van der Waals surface area contributed by atoms with Gasteiger partial charge < -0.3 is 5.11 Å². The summed E-state index contributed by atoms with van der Waals surface area (Å²) in [4.78, 5) is 19.4. The van der Waals surface area contributed by atoms with Gasteiger partial charge in [-0.2, -0.15) is 0 Å². The third-order valence-corrected chi connectivity index (χ3v) is 2.14. The first-order chi connectivity index (χ1) is 7.66. The van der Waals surface area contributed by atoms with Gasteiger partial charge in [-0.15, -0.1) is 0 Å². The van der Waals surface area contributed by atoms with Gasteiger partial charge in [0.1, 0.15) is 11.4 Å². The third kappa shape index (κ3) is 2.06. The first-order valence-corrected chi connectivity index (χ1v) is 4.80. The summed E-state index contributed by atoms with van der Waals surface area (Å²) in [6, 6.07) is 8.09. The molecule has 1 aromatic carbocycles. The van der Waals surface area contributed by atoms with Gasteiger partial charge in [0.2, 0.25) is 0 Å². The van der Waals surface area contributed by atoms with Crippen LogP contribution in [0.25, 0.3) is 11.4 Å². The highest BCUT2D eigenvalue weighted by atomic mass is 16.3. The fourth-order valence-electron chi connectivity index (χ4n) is 1.30. The predicted octanol–water partition coefficient (Wildman–Crippen LogP) is 2.05. The van der Waals surface area contributed by atoms with E-state index in [0.717, 1.165) is 5.56 Å². The lowest BCUT2D eigenvalue weighted by molar-refractivity contribution is 0.101. The number of aromatic nitrogens is 2. The number of Topliss-reactive ketones (excluding diaryl/α,β-unsaturated/α-hetero) is 1. The lowest BCUT2D eigenvalue weighted by Crippen LogP contribution is -1.99. The van der Waals surface area contributed by atoms with Crippen LogP contribution in [0.3, 0.4) is 0 Å². The standard InChI is InChI=1S/C12H10N2O2/c1-8(15)11-6-7-13-12(14-11)9-2-4-10(16)5-3-9/h2-7,16H,1H3. The predicted molar refractivity (Wildman–Crippen MR) is 59.1 cm³/mol. The van der Waals surface area contributed by atoms with Gasteiger partial charge in [-0.05, 0) is 30.3 Å². The molecule has 2 aromatic rings. The van der Waals surface area contributed by atoms with Crippen molar-refractivity contribution in [1.29, 1.82) is 0 Å². The zero-order valence-electron chi connectivity index (χ0n) is 8.71. The number of aromatic hydroxyl groups is 1. The fourth-order valence-corrected chi connectivity index (χ4v) is 1.30. The number of carbonyl (C=O) groups is 1. The Kier molecular flexibility index (Phi) is 2.64. The zero-order chi connectivity index (χ0) is 11.5. The van der Waals surface area contributed by atoms with Gasteiger partial charge >= 0.3 is 0 Å². The quantitative estimate of drug-likeness (QED) is 0.777. The van der Waals surface area contributed by atoms with Crippen molar-refractivity contribution in [2.24, 2.45) is 0 Å². The molecule has 1 N–H and O–H groups in total. The Morgan fingerprint density at radius 1 is 1.19 bits per heavy atom. The normalized spacial score (nSPS) is 10.1. The smallest absolute Gasteiger partial charge is 0.178 e. The van der Waals surface area contributed by atoms with Gasteiger partial charge in [0.25, 0.3) is 0 Å². The van der Waals surface area contributed by atoms with Crippen molar-refractivity contribution < 1.29 is 9.90 Å². The molecule has 0 amide bonds. The van der Waals surface area contributed by atoms with Crippen LogP contribution in [0.2, 0.25) is 0 Å². The average molecular weight is 214 g/mol. The molecule has 4 nitrogen and oxygen atoms in total. The van der Waals surface area contributed by atoms with E-state index >= 15 is 0 Å². The number of phenolic OH excluding ortho intramolecular Hbond substituents is 1. The van der Waals surface area contributed by atoms with Gasteiger partial charge in [-0.1, -0.05) is 0 Å². The number of ketones is 1. The number of nitrogens with zero attached hydrogens (tertiary/aromatic N) is 2. The summed E-state index contributed by atoms with van der Waals surface area (Å²) in [5, 5.41) is 9.15. The van der Waals surface area contributed by atoms with Crippen molar-refractivity contribution >= 4 is 5.78 Å². The Hall–Kier alpha value is -2.23. The minimum absolute atomic E-state index is 0.0950. The van der Waals surface area contributed by atoms with E-state index in [4.69, 9.17) is 5.11 Å². The Morgan fingerprint density at radius 3 is 2.50 bits per heavy atom. The summed E-state index contributed by atoms with van der Waals surface area (Å²) < 4.78 is 0. The second kappa shape index (κ2) is 4.10. The molecule has 0 aliphatic carbocycles. The van der Waals surface area contributed by atoms with Crippen LogP contribution in [-0.4, -0.2) is 20.9 Å². The minimum Gasteiger partial charge on any atom is -0.508 e. The van der Waals surface area contributed by atoms with E-state index in [0.29, 0.717) is 11.5 Å². The molecule has 80 valence electrons. The largest absolute Gasteiger partial charge is 0.508 e. The van der Waals surface area contributed by atoms with Crippen molar-refractivity contribution in [1.82, 2.24) is 9.97 Å². The molecule has 0 bridgehead atoms. The molecular formula is C12H10N2O2. The number of phenols is 1. The lowest BCUT2D eigenvalue weighted by Gasteiger charge is -2.01. The van der Waals surface area contributed by atoms with Crippen molar-refractivity contribution in [3.05, 3.63) is 42.2 Å². The summed E-state index contributed by atoms with van der Waals surface area (Å²) in [7, 11) is 0. The van der Waals surface area contributed by atoms with Crippen LogP contribution < -0.4 is 0 Å². The van der Waals surface area contributed by atoms with E-state index in [9.17, 15) is 4.79 Å². The van der Waals surface area contributed by atoms with Crippen LogP contribution in [0.15, 0.2) is 36.5 Å². The topological polar surface area (TPSA) is 63.1 Å². The minimum atomic E-state index is -0.0950. The monoisotopic (exact) mass is 214 g/mol. The maximum Gasteiger partial charge on any atom is 0.178 e. The third-order valence-electron chi connectivity index (χ3n) is 2.14. The molecule has 0 radical (unpaired) electrons. The van der Waals surface area contributed by atoms with E-state index in [1.54, 1.807) is 36.5 Å². The molecule has 16 heavy (non-hydrogen) atoms. The summed E-state index contributed by atoms with van der Waals surface area (Å²) in [5.41, 5.74) is 1.15. The first-order valence-electron chi connectivity index (χ1n) is 4.80. The van der Waals surface area contributed by atoms with Crippen molar-refractivity contribution in [3.8, 4) is 17.1 Å². The highest BCUT2D eigenvalue weighted by molar-refractivity contribution is 5.92. The van der Waals surface area contributed by atoms with Crippen molar-refractivity contribution in [2.75, 3.05) is 0 Å². The lowest BCUT2D eigenvalue weighted by atomic mass is 10.2. The second-order valence-corrected chi connectivity index (χ2v) is 3.37. The Bertz CT molecular complexity index is 521. The molecule has 1 aromatic heterocycles. The van der Waals surface area contributed by atoms with Crippen LogP contribution in [0.5, 0.6) is 5.75 Å². The van der Waals surface area contributed by atoms with Crippen LogP contribution >= 0.6 is 0 Å². The van der Waals surface area contributed by atoms with Crippen LogP contribution in [0, 0.1) is 0 Å². The molecule has 2 rings (SSSR count). The summed E-state index contributed by atoms with van der Waals surface area (Å²) in [6.45, 7) is 1.46. The van der Waals surface area contributed by atoms with E-state index in [1.807, 2.05) is 0 Å². The Morgan fingerprint density at radius 2 is 1.88 bits per heavy atom. The van der Waals surface area contributed by atoms with Crippen molar-refractivity contribution in [2.45, 2.75) is 6.92 Å². The zero-order valence-corrected chi connectivity index (χ0v) is 8.71. The molecule has 0 atom stereocenters. The molecule has 0 fully saturated rings. The van der Waals surface area contributed by atoms with E-state index < -0.39 is 0 Å². The van der Waals surface area contributed by atoms with Gasteiger partial charge in [0.05, 0.1) is 0 Å². The number of hydrogen-bond donors (Lipinski definition) is 1. The number of benzene rings is 1. The maximum atomic E-state index is 11.2. The van der Waals surface area contributed by atoms with Gasteiger partial charge in [-0.3, -0.25) is 4.79 Å². The molecule has 1 heterocycles. The fraction of sp³-hybridized carbons (Fsp3) is 0.0833. The maximum absolute atomic E-state index is 11.2. The number of rotatable bonds is 2. The molecule has 0 unspecified atom stereocenters. The van der Waals surface area contributed by atoms with Gasteiger partial charge in [0, 0.05) is 18.7 Å². The van der Waals surface area contributed by atoms with Crippen molar-refractivity contribution in [3.63, 3.8) is 0 Å². The SMILES string of the molecule is CC(=O)c1ccnc(-c2ccc(O)cc2)n1. The number of hydrogen-bond acceptors (Lipinski definition) is 4.